The molecule has 0 aromatic carbocycles. The molecular weight excluding hydrogens is 316 g/mol. The smallest absolute Gasteiger partial charge is 0.178 e. The number of rotatable bonds is 2. The first-order valence-corrected chi connectivity index (χ1v) is 6.43. The average molecular weight is 324 g/mol. The van der Waals surface area contributed by atoms with Crippen LogP contribution in [-0.4, -0.2) is 5.78 Å². The zero-order valence-electron chi connectivity index (χ0n) is 7.06. The Morgan fingerprint density at radius 3 is 2.54 bits per heavy atom. The molecule has 0 spiro atoms. The summed E-state index contributed by atoms with van der Waals surface area (Å²) in [5.74, 6) is 0.295. The number of hydrogen-bond donors (Lipinski definition) is 0. The molecule has 1 fully saturated rings. The molecule has 1 aromatic rings. The van der Waals surface area contributed by atoms with Crippen molar-refractivity contribution in [3.63, 3.8) is 0 Å². The fraction of sp³-hybridized carbons (Fsp3) is 0.444. The quantitative estimate of drug-likeness (QED) is 0.743. The highest BCUT2D eigenvalue weighted by molar-refractivity contribution is 9.13. The number of thiophene rings is 1. The molecule has 1 heterocycles. The van der Waals surface area contributed by atoms with E-state index in [-0.39, 0.29) is 5.41 Å². The molecule has 0 unspecified atom stereocenters. The Morgan fingerprint density at radius 1 is 1.54 bits per heavy atom. The van der Waals surface area contributed by atoms with Crippen LogP contribution in [0.15, 0.2) is 14.3 Å². The highest BCUT2D eigenvalue weighted by atomic mass is 79.9. The lowest BCUT2D eigenvalue weighted by Gasteiger charge is -2.02. The highest BCUT2D eigenvalue weighted by Gasteiger charge is 2.45. The van der Waals surface area contributed by atoms with Crippen molar-refractivity contribution in [3.8, 4) is 0 Å². The van der Waals surface area contributed by atoms with Crippen molar-refractivity contribution >= 4 is 49.0 Å². The third-order valence-corrected chi connectivity index (χ3v) is 5.67. The van der Waals surface area contributed by atoms with Gasteiger partial charge in [0.25, 0.3) is 0 Å². The zero-order chi connectivity index (χ0) is 9.64. The predicted molar refractivity (Wildman–Crippen MR) is 61.4 cm³/mol. The largest absolute Gasteiger partial charge is 0.293 e. The van der Waals surface area contributed by atoms with Crippen LogP contribution in [-0.2, 0) is 0 Å². The topological polar surface area (TPSA) is 17.1 Å². The Bertz CT molecular complexity index is 346. The Balaban J connectivity index is 2.30. The third-order valence-electron chi connectivity index (χ3n) is 2.42. The zero-order valence-corrected chi connectivity index (χ0v) is 11.1. The van der Waals surface area contributed by atoms with E-state index in [1.54, 1.807) is 0 Å². The van der Waals surface area contributed by atoms with Gasteiger partial charge in [0.2, 0.25) is 0 Å². The van der Waals surface area contributed by atoms with Gasteiger partial charge in [-0.15, -0.1) is 11.3 Å². The monoisotopic (exact) mass is 322 g/mol. The number of halogens is 2. The van der Waals surface area contributed by atoms with Crippen molar-refractivity contribution in [2.45, 2.75) is 19.8 Å². The highest BCUT2D eigenvalue weighted by Crippen LogP contribution is 2.49. The maximum atomic E-state index is 11.9. The fourth-order valence-corrected chi connectivity index (χ4v) is 3.30. The van der Waals surface area contributed by atoms with Gasteiger partial charge < -0.3 is 0 Å². The molecule has 0 radical (unpaired) electrons. The molecule has 1 saturated carbocycles. The van der Waals surface area contributed by atoms with Crippen LogP contribution in [0.3, 0.4) is 0 Å². The van der Waals surface area contributed by atoms with Crippen molar-refractivity contribution in [1.29, 1.82) is 0 Å². The molecule has 0 N–H and O–H groups in total. The first-order valence-electron chi connectivity index (χ1n) is 4.02. The maximum absolute atomic E-state index is 11.9. The Hall–Kier alpha value is 0.330. The molecule has 70 valence electrons. The number of Topliss-reactive ketones (excluding diaryl/α,β-unsaturated/α-hetero) is 1. The second-order valence-corrected chi connectivity index (χ2v) is 6.85. The molecule has 0 saturated heterocycles. The third kappa shape index (κ3) is 1.76. The summed E-state index contributed by atoms with van der Waals surface area (Å²) in [7, 11) is 0. The van der Waals surface area contributed by atoms with Crippen LogP contribution in [0.4, 0.5) is 0 Å². The SMILES string of the molecule is CC1(C(=O)c2cc(Br)c(Br)s2)CC1. The first-order chi connectivity index (χ1) is 6.03. The van der Waals surface area contributed by atoms with Gasteiger partial charge in [0.05, 0.1) is 8.66 Å². The van der Waals surface area contributed by atoms with Crippen molar-refractivity contribution < 1.29 is 4.79 Å². The summed E-state index contributed by atoms with van der Waals surface area (Å²) in [5.41, 5.74) is -0.0519. The van der Waals surface area contributed by atoms with E-state index in [0.29, 0.717) is 5.78 Å². The van der Waals surface area contributed by atoms with Gasteiger partial charge in [-0.2, -0.15) is 0 Å². The average Bonchev–Trinajstić information content (AvgIpc) is 2.74. The Morgan fingerprint density at radius 2 is 2.15 bits per heavy atom. The van der Waals surface area contributed by atoms with Gasteiger partial charge in [-0.25, -0.2) is 0 Å². The summed E-state index contributed by atoms with van der Waals surface area (Å²) in [6.07, 6.45) is 2.08. The molecule has 1 aliphatic carbocycles. The van der Waals surface area contributed by atoms with Gasteiger partial charge in [-0.3, -0.25) is 4.79 Å². The van der Waals surface area contributed by atoms with Crippen molar-refractivity contribution in [3.05, 3.63) is 19.2 Å². The van der Waals surface area contributed by atoms with E-state index in [1.807, 2.05) is 13.0 Å². The minimum absolute atomic E-state index is 0.0519. The normalized spacial score (nSPS) is 18.7. The molecule has 13 heavy (non-hydrogen) atoms. The lowest BCUT2D eigenvalue weighted by atomic mass is 10.0. The fourth-order valence-electron chi connectivity index (χ4n) is 1.17. The van der Waals surface area contributed by atoms with Crippen molar-refractivity contribution in [2.75, 3.05) is 0 Å². The first kappa shape index (κ1) is 9.87. The van der Waals surface area contributed by atoms with Crippen LogP contribution in [0.5, 0.6) is 0 Å². The van der Waals surface area contributed by atoms with Gasteiger partial charge in [-0.1, -0.05) is 6.92 Å². The lowest BCUT2D eigenvalue weighted by molar-refractivity contribution is 0.0917. The van der Waals surface area contributed by atoms with E-state index in [0.717, 1.165) is 26.0 Å². The van der Waals surface area contributed by atoms with Crippen LogP contribution >= 0.6 is 43.2 Å². The van der Waals surface area contributed by atoms with Gasteiger partial charge in [0, 0.05) is 9.89 Å². The summed E-state index contributed by atoms with van der Waals surface area (Å²) in [4.78, 5) is 12.7. The van der Waals surface area contributed by atoms with Gasteiger partial charge in [0.1, 0.15) is 0 Å². The Labute approximate surface area is 97.8 Å². The van der Waals surface area contributed by atoms with Gasteiger partial charge >= 0.3 is 0 Å². The van der Waals surface area contributed by atoms with Crippen LogP contribution in [0.25, 0.3) is 0 Å². The Kier molecular flexibility index (Phi) is 2.41. The van der Waals surface area contributed by atoms with E-state index >= 15 is 0 Å². The molecule has 4 heteroatoms. The van der Waals surface area contributed by atoms with Gasteiger partial charge in [0.15, 0.2) is 5.78 Å². The second-order valence-electron chi connectivity index (χ2n) is 3.62. The molecule has 1 nitrogen and oxygen atoms in total. The summed E-state index contributed by atoms with van der Waals surface area (Å²) >= 11 is 8.28. The molecule has 1 aliphatic rings. The number of ketones is 1. The second kappa shape index (κ2) is 3.17. The standard InChI is InChI=1S/C9H8Br2OS/c1-9(2-3-9)7(12)6-4-5(10)8(11)13-6/h4H,2-3H2,1H3. The summed E-state index contributed by atoms with van der Waals surface area (Å²) in [6, 6.07) is 1.90. The molecular formula is C9H8Br2OS. The van der Waals surface area contributed by atoms with E-state index in [9.17, 15) is 4.79 Å². The van der Waals surface area contributed by atoms with Crippen LogP contribution in [0.2, 0.25) is 0 Å². The van der Waals surface area contributed by atoms with Gasteiger partial charge in [-0.05, 0) is 50.8 Å². The van der Waals surface area contributed by atoms with Crippen LogP contribution in [0, 0.1) is 5.41 Å². The molecule has 0 amide bonds. The number of carbonyl (C=O) groups is 1. The molecule has 0 aliphatic heterocycles. The molecule has 2 rings (SSSR count). The number of carbonyl (C=O) groups excluding carboxylic acids is 1. The van der Waals surface area contributed by atoms with E-state index in [4.69, 9.17) is 0 Å². The lowest BCUT2D eigenvalue weighted by Crippen LogP contribution is -2.09. The van der Waals surface area contributed by atoms with E-state index in [2.05, 4.69) is 31.9 Å². The minimum Gasteiger partial charge on any atom is -0.293 e. The van der Waals surface area contributed by atoms with E-state index < -0.39 is 0 Å². The minimum atomic E-state index is -0.0519. The summed E-state index contributed by atoms with van der Waals surface area (Å²) < 4.78 is 1.98. The van der Waals surface area contributed by atoms with Crippen LogP contribution in [0.1, 0.15) is 29.4 Å². The summed E-state index contributed by atoms with van der Waals surface area (Å²) in [6.45, 7) is 2.04. The predicted octanol–water partition coefficient (Wildman–Crippen LogP) is 4.26. The van der Waals surface area contributed by atoms with Crippen molar-refractivity contribution in [1.82, 2.24) is 0 Å². The molecule has 1 aromatic heterocycles. The summed E-state index contributed by atoms with van der Waals surface area (Å²) in [5, 5.41) is 0. The van der Waals surface area contributed by atoms with E-state index in [1.165, 1.54) is 11.3 Å². The molecule has 0 bridgehead atoms. The van der Waals surface area contributed by atoms with Crippen LogP contribution < -0.4 is 0 Å². The van der Waals surface area contributed by atoms with Crippen molar-refractivity contribution in [2.24, 2.45) is 5.41 Å². The number of hydrogen-bond acceptors (Lipinski definition) is 2. The maximum Gasteiger partial charge on any atom is 0.178 e. The molecule has 0 atom stereocenters.